The van der Waals surface area contributed by atoms with Crippen molar-refractivity contribution in [3.63, 3.8) is 0 Å². The largest absolute Gasteiger partial charge is 0.261 e. The van der Waals surface area contributed by atoms with Gasteiger partial charge in [0.1, 0.15) is 0 Å². The molecule has 0 heterocycles. The molecule has 0 aliphatic rings. The zero-order valence-corrected chi connectivity index (χ0v) is 11.8. The minimum atomic E-state index is 0.968. The molecule has 0 aromatic heterocycles. The van der Waals surface area contributed by atoms with E-state index in [9.17, 15) is 0 Å². The molecule has 0 amide bonds. The Morgan fingerprint density at radius 3 is 2.53 bits per heavy atom. The summed E-state index contributed by atoms with van der Waals surface area (Å²) in [7, 11) is 0. The van der Waals surface area contributed by atoms with Gasteiger partial charge in [-0.05, 0) is 43.5 Å². The Morgan fingerprint density at radius 1 is 1.05 bits per heavy atom. The van der Waals surface area contributed by atoms with Gasteiger partial charge >= 0.3 is 0 Å². The van der Waals surface area contributed by atoms with Crippen LogP contribution >= 0.6 is 0 Å². The van der Waals surface area contributed by atoms with Crippen LogP contribution in [0.2, 0.25) is 0 Å². The zero-order chi connectivity index (χ0) is 13.8. The Balaban J connectivity index is 2.53. The van der Waals surface area contributed by atoms with Crippen LogP contribution in [0.5, 0.6) is 0 Å². The highest BCUT2D eigenvalue weighted by atomic mass is 14.7. The summed E-state index contributed by atoms with van der Waals surface area (Å²) in [5.41, 5.74) is 6.77. The molecule has 0 saturated carbocycles. The number of hydrogen-bond acceptors (Lipinski definition) is 1. The van der Waals surface area contributed by atoms with E-state index in [0.29, 0.717) is 0 Å². The standard InChI is InChI=1S/C18H19N/c1-5-19-18-9-7-6-8-16(18)15(4)17-12-13(2)10-11-14(17)3/h5-12H,4H2,1-3H3. The van der Waals surface area contributed by atoms with Crippen LogP contribution in [-0.2, 0) is 0 Å². The number of aliphatic imine (C=N–C) groups is 1. The smallest absolute Gasteiger partial charge is 0.0703 e. The van der Waals surface area contributed by atoms with E-state index in [4.69, 9.17) is 0 Å². The molecule has 96 valence electrons. The summed E-state index contributed by atoms with van der Waals surface area (Å²) in [6.07, 6.45) is 1.81. The number of aryl methyl sites for hydroxylation is 2. The van der Waals surface area contributed by atoms with Crippen molar-refractivity contribution < 1.29 is 0 Å². The molecule has 0 spiro atoms. The fraction of sp³-hybridized carbons (Fsp3) is 0.167. The first-order valence-corrected chi connectivity index (χ1v) is 6.48. The molecular weight excluding hydrogens is 230 g/mol. The summed E-state index contributed by atoms with van der Waals surface area (Å²) >= 11 is 0. The molecule has 1 heteroatoms. The number of rotatable bonds is 3. The SMILES string of the molecule is C=C(c1cc(C)ccc1C)c1ccccc1N=CC. The second-order valence-corrected chi connectivity index (χ2v) is 4.70. The average Bonchev–Trinajstić information content (AvgIpc) is 2.42. The highest BCUT2D eigenvalue weighted by Gasteiger charge is 2.09. The van der Waals surface area contributed by atoms with Gasteiger partial charge in [-0.25, -0.2) is 0 Å². The lowest BCUT2D eigenvalue weighted by Crippen LogP contribution is -1.92. The third kappa shape index (κ3) is 2.82. The van der Waals surface area contributed by atoms with Gasteiger partial charge in [0.15, 0.2) is 0 Å². The summed E-state index contributed by atoms with van der Waals surface area (Å²) in [4.78, 5) is 4.42. The molecule has 0 saturated heterocycles. The summed E-state index contributed by atoms with van der Waals surface area (Å²) in [6, 6.07) is 14.6. The van der Waals surface area contributed by atoms with E-state index in [1.54, 1.807) is 0 Å². The third-order valence-corrected chi connectivity index (χ3v) is 3.22. The molecule has 0 aliphatic carbocycles. The van der Waals surface area contributed by atoms with Gasteiger partial charge in [0.05, 0.1) is 5.69 Å². The fourth-order valence-electron chi connectivity index (χ4n) is 2.19. The van der Waals surface area contributed by atoms with Crippen LogP contribution in [0.3, 0.4) is 0 Å². The molecule has 0 radical (unpaired) electrons. The second-order valence-electron chi connectivity index (χ2n) is 4.70. The van der Waals surface area contributed by atoms with Crippen LogP contribution in [0.1, 0.15) is 29.2 Å². The Morgan fingerprint density at radius 2 is 1.79 bits per heavy atom. The number of nitrogens with zero attached hydrogens (tertiary/aromatic N) is 1. The van der Waals surface area contributed by atoms with E-state index in [1.807, 2.05) is 31.3 Å². The van der Waals surface area contributed by atoms with Gasteiger partial charge in [-0.2, -0.15) is 0 Å². The van der Waals surface area contributed by atoms with Gasteiger partial charge in [0, 0.05) is 11.8 Å². The Bertz CT molecular complexity index is 636. The van der Waals surface area contributed by atoms with E-state index in [1.165, 1.54) is 16.7 Å². The van der Waals surface area contributed by atoms with Crippen molar-refractivity contribution in [3.05, 3.63) is 71.3 Å². The molecule has 0 fully saturated rings. The third-order valence-electron chi connectivity index (χ3n) is 3.22. The highest BCUT2D eigenvalue weighted by Crippen LogP contribution is 2.31. The lowest BCUT2D eigenvalue weighted by atomic mass is 9.93. The monoisotopic (exact) mass is 249 g/mol. The maximum atomic E-state index is 4.42. The summed E-state index contributed by atoms with van der Waals surface area (Å²) in [6.45, 7) is 10.4. The Kier molecular flexibility index (Phi) is 3.96. The van der Waals surface area contributed by atoms with Crippen molar-refractivity contribution in [1.29, 1.82) is 0 Å². The van der Waals surface area contributed by atoms with Gasteiger partial charge < -0.3 is 0 Å². The molecule has 0 atom stereocenters. The fourth-order valence-corrected chi connectivity index (χ4v) is 2.19. The lowest BCUT2D eigenvalue weighted by molar-refractivity contribution is 1.35. The zero-order valence-electron chi connectivity index (χ0n) is 11.8. The molecular formula is C18H19N. The topological polar surface area (TPSA) is 12.4 Å². The van der Waals surface area contributed by atoms with Gasteiger partial charge in [-0.3, -0.25) is 4.99 Å². The molecule has 0 N–H and O–H groups in total. The van der Waals surface area contributed by atoms with Gasteiger partial charge in [-0.1, -0.05) is 48.5 Å². The average molecular weight is 249 g/mol. The van der Waals surface area contributed by atoms with Gasteiger partial charge in [0.25, 0.3) is 0 Å². The first-order valence-electron chi connectivity index (χ1n) is 6.48. The number of para-hydroxylation sites is 1. The summed E-state index contributed by atoms with van der Waals surface area (Å²) < 4.78 is 0. The molecule has 2 rings (SSSR count). The van der Waals surface area contributed by atoms with E-state index < -0.39 is 0 Å². The second kappa shape index (κ2) is 5.66. The minimum Gasteiger partial charge on any atom is -0.261 e. The summed E-state index contributed by atoms with van der Waals surface area (Å²) in [5, 5.41) is 0. The molecule has 0 unspecified atom stereocenters. The minimum absolute atomic E-state index is 0.968. The predicted octanol–water partition coefficient (Wildman–Crippen LogP) is 5.09. The first-order chi connectivity index (χ1) is 9.13. The van der Waals surface area contributed by atoms with Crippen LogP contribution in [0.4, 0.5) is 5.69 Å². The van der Waals surface area contributed by atoms with E-state index in [2.05, 4.69) is 49.7 Å². The number of hydrogen-bond donors (Lipinski definition) is 0. The Labute approximate surface area is 115 Å². The van der Waals surface area contributed by atoms with E-state index in [-0.39, 0.29) is 0 Å². The normalized spacial score (nSPS) is 10.9. The molecule has 2 aromatic rings. The maximum absolute atomic E-state index is 4.42. The Hall–Kier alpha value is -2.15. The van der Waals surface area contributed by atoms with Crippen molar-refractivity contribution in [2.75, 3.05) is 0 Å². The van der Waals surface area contributed by atoms with Crippen molar-refractivity contribution in [2.24, 2.45) is 4.99 Å². The van der Waals surface area contributed by atoms with E-state index >= 15 is 0 Å². The lowest BCUT2D eigenvalue weighted by Gasteiger charge is -2.12. The molecule has 1 nitrogen and oxygen atoms in total. The van der Waals surface area contributed by atoms with Crippen molar-refractivity contribution in [2.45, 2.75) is 20.8 Å². The maximum Gasteiger partial charge on any atom is 0.0703 e. The van der Waals surface area contributed by atoms with Gasteiger partial charge in [0.2, 0.25) is 0 Å². The molecule has 0 bridgehead atoms. The molecule has 2 aromatic carbocycles. The van der Waals surface area contributed by atoms with Crippen molar-refractivity contribution in [1.82, 2.24) is 0 Å². The van der Waals surface area contributed by atoms with Crippen LogP contribution in [0.25, 0.3) is 5.57 Å². The first kappa shape index (κ1) is 13.3. The van der Waals surface area contributed by atoms with E-state index in [0.717, 1.165) is 16.8 Å². The molecule has 0 aliphatic heterocycles. The van der Waals surface area contributed by atoms with Crippen molar-refractivity contribution >= 4 is 17.5 Å². The van der Waals surface area contributed by atoms with Crippen molar-refractivity contribution in [3.8, 4) is 0 Å². The summed E-state index contributed by atoms with van der Waals surface area (Å²) in [5.74, 6) is 0. The number of benzene rings is 2. The molecule has 19 heavy (non-hydrogen) atoms. The highest BCUT2D eigenvalue weighted by molar-refractivity contribution is 5.86. The van der Waals surface area contributed by atoms with Crippen LogP contribution < -0.4 is 0 Å². The van der Waals surface area contributed by atoms with Gasteiger partial charge in [-0.15, -0.1) is 0 Å². The quantitative estimate of drug-likeness (QED) is 0.672. The predicted molar refractivity (Wildman–Crippen MR) is 84.3 cm³/mol. The van der Waals surface area contributed by atoms with Crippen LogP contribution in [0.15, 0.2) is 54.0 Å². The van der Waals surface area contributed by atoms with Crippen LogP contribution in [0, 0.1) is 13.8 Å². The van der Waals surface area contributed by atoms with Crippen LogP contribution in [-0.4, -0.2) is 6.21 Å².